The molecule has 0 atom stereocenters. The average Bonchev–Trinajstić information content (AvgIpc) is 3.41. The van der Waals surface area contributed by atoms with Gasteiger partial charge in [0.25, 0.3) is 0 Å². The van der Waals surface area contributed by atoms with E-state index >= 15 is 0 Å². The van der Waals surface area contributed by atoms with E-state index < -0.39 is 0 Å². The molecule has 4 aromatic heterocycles. The number of benzene rings is 2. The minimum atomic E-state index is 0.0450. The molecule has 0 aliphatic carbocycles. The third-order valence-electron chi connectivity index (χ3n) is 5.90. The van der Waals surface area contributed by atoms with Gasteiger partial charge in [-0.2, -0.15) is 0 Å². The molecular formula is C26H21NO2S. The lowest BCUT2D eigenvalue weighted by Gasteiger charge is -2.21. The summed E-state index contributed by atoms with van der Waals surface area (Å²) in [5.41, 5.74) is 7.17. The minimum absolute atomic E-state index is 0.0450. The van der Waals surface area contributed by atoms with Gasteiger partial charge in [0, 0.05) is 27.2 Å². The summed E-state index contributed by atoms with van der Waals surface area (Å²) < 4.78 is 13.4. The highest BCUT2D eigenvalue weighted by Crippen LogP contribution is 2.41. The monoisotopic (exact) mass is 411 g/mol. The standard InChI is InChI=1S/C26H21NO2S/c1-14-13-28-21-12-18-22(11-17(14)21)29-20-5-7-27-24(23(18)20)16-9-15-6-8-30-25(15)19(10-16)26(2,3)4/h5-13H,1-4H3. The van der Waals surface area contributed by atoms with Crippen LogP contribution in [-0.2, 0) is 5.41 Å². The summed E-state index contributed by atoms with van der Waals surface area (Å²) in [5.74, 6) is 0. The van der Waals surface area contributed by atoms with Crippen LogP contribution < -0.4 is 0 Å². The number of thiophene rings is 1. The van der Waals surface area contributed by atoms with Gasteiger partial charge >= 0.3 is 0 Å². The fourth-order valence-corrected chi connectivity index (χ4v) is 5.47. The zero-order chi connectivity index (χ0) is 20.6. The Labute approximate surface area is 177 Å². The van der Waals surface area contributed by atoms with Crippen molar-refractivity contribution >= 4 is 54.3 Å². The summed E-state index contributed by atoms with van der Waals surface area (Å²) >= 11 is 1.80. The molecule has 148 valence electrons. The number of furan rings is 2. The van der Waals surface area contributed by atoms with Crippen molar-refractivity contribution in [2.45, 2.75) is 33.1 Å². The van der Waals surface area contributed by atoms with Crippen molar-refractivity contribution in [2.75, 3.05) is 0 Å². The Bertz CT molecular complexity index is 1590. The van der Waals surface area contributed by atoms with Crippen LogP contribution in [0.1, 0.15) is 31.9 Å². The first-order chi connectivity index (χ1) is 14.4. The number of nitrogens with zero attached hydrogens (tertiary/aromatic N) is 1. The number of hydrogen-bond acceptors (Lipinski definition) is 4. The van der Waals surface area contributed by atoms with Crippen molar-refractivity contribution in [3.05, 3.63) is 65.4 Å². The van der Waals surface area contributed by atoms with Crippen molar-refractivity contribution in [3.8, 4) is 11.3 Å². The third kappa shape index (κ3) is 2.47. The molecule has 0 N–H and O–H groups in total. The van der Waals surface area contributed by atoms with E-state index in [1.165, 1.54) is 15.6 Å². The molecular weight excluding hydrogens is 390 g/mol. The normalized spacial score (nSPS) is 12.7. The van der Waals surface area contributed by atoms with Crippen molar-refractivity contribution in [2.24, 2.45) is 0 Å². The van der Waals surface area contributed by atoms with Crippen LogP contribution in [-0.4, -0.2) is 4.98 Å². The van der Waals surface area contributed by atoms with E-state index in [0.29, 0.717) is 0 Å². The molecule has 4 heteroatoms. The Kier molecular flexibility index (Phi) is 3.52. The fourth-order valence-electron chi connectivity index (χ4n) is 4.36. The Balaban J connectivity index is 1.71. The zero-order valence-electron chi connectivity index (χ0n) is 17.4. The summed E-state index contributed by atoms with van der Waals surface area (Å²) in [5, 5.41) is 6.60. The number of aromatic nitrogens is 1. The predicted molar refractivity (Wildman–Crippen MR) is 126 cm³/mol. The fraction of sp³-hybridized carbons (Fsp3) is 0.192. The molecule has 4 heterocycles. The number of pyridine rings is 1. The van der Waals surface area contributed by atoms with Gasteiger partial charge in [-0.25, -0.2) is 0 Å². The number of rotatable bonds is 1. The average molecular weight is 412 g/mol. The molecule has 0 fully saturated rings. The van der Waals surface area contributed by atoms with Crippen LogP contribution in [0, 0.1) is 6.92 Å². The van der Waals surface area contributed by atoms with E-state index in [0.717, 1.165) is 49.7 Å². The molecule has 0 spiro atoms. The van der Waals surface area contributed by atoms with Gasteiger partial charge in [0.1, 0.15) is 16.7 Å². The van der Waals surface area contributed by atoms with E-state index in [2.05, 4.69) is 63.4 Å². The molecule has 0 amide bonds. The Morgan fingerprint density at radius 1 is 0.933 bits per heavy atom. The second-order valence-electron chi connectivity index (χ2n) is 9.01. The van der Waals surface area contributed by atoms with Crippen LogP contribution in [0.4, 0.5) is 0 Å². The largest absolute Gasteiger partial charge is 0.464 e. The van der Waals surface area contributed by atoms with Crippen LogP contribution in [0.2, 0.25) is 0 Å². The Morgan fingerprint density at radius 3 is 2.60 bits per heavy atom. The molecule has 3 nitrogen and oxygen atoms in total. The summed E-state index contributed by atoms with van der Waals surface area (Å²) in [4.78, 5) is 4.81. The SMILES string of the molecule is Cc1coc2cc3c(cc12)oc1ccnc(-c2cc(C(C)(C)C)c4sccc4c2)c13. The van der Waals surface area contributed by atoms with Crippen LogP contribution >= 0.6 is 11.3 Å². The van der Waals surface area contributed by atoms with Gasteiger partial charge in [0.05, 0.1) is 17.3 Å². The van der Waals surface area contributed by atoms with Gasteiger partial charge in [-0.05, 0) is 70.6 Å². The summed E-state index contributed by atoms with van der Waals surface area (Å²) in [6.45, 7) is 8.85. The van der Waals surface area contributed by atoms with Crippen molar-refractivity contribution in [1.29, 1.82) is 0 Å². The topological polar surface area (TPSA) is 39.2 Å². The second kappa shape index (κ2) is 5.96. The van der Waals surface area contributed by atoms with Crippen LogP contribution in [0.5, 0.6) is 0 Å². The van der Waals surface area contributed by atoms with Gasteiger partial charge < -0.3 is 8.83 Å². The highest BCUT2D eigenvalue weighted by molar-refractivity contribution is 7.17. The highest BCUT2D eigenvalue weighted by Gasteiger charge is 2.21. The molecule has 0 unspecified atom stereocenters. The zero-order valence-corrected chi connectivity index (χ0v) is 18.2. The molecule has 30 heavy (non-hydrogen) atoms. The van der Waals surface area contributed by atoms with E-state index in [1.807, 2.05) is 12.3 Å². The van der Waals surface area contributed by atoms with Crippen molar-refractivity contribution in [1.82, 2.24) is 4.98 Å². The minimum Gasteiger partial charge on any atom is -0.464 e. The smallest absolute Gasteiger partial charge is 0.139 e. The van der Waals surface area contributed by atoms with Gasteiger partial charge in [0.2, 0.25) is 0 Å². The lowest BCUT2D eigenvalue weighted by atomic mass is 9.85. The van der Waals surface area contributed by atoms with E-state index in [1.54, 1.807) is 17.6 Å². The molecule has 6 rings (SSSR count). The van der Waals surface area contributed by atoms with Crippen LogP contribution in [0.25, 0.3) is 54.3 Å². The first kappa shape index (κ1) is 17.7. The predicted octanol–water partition coefficient (Wildman–Crippen LogP) is 8.21. The van der Waals surface area contributed by atoms with Gasteiger partial charge in [-0.3, -0.25) is 4.98 Å². The maximum absolute atomic E-state index is 6.24. The molecule has 6 aromatic rings. The number of hydrogen-bond donors (Lipinski definition) is 0. The second-order valence-corrected chi connectivity index (χ2v) is 9.93. The molecule has 0 aliphatic rings. The van der Waals surface area contributed by atoms with E-state index in [9.17, 15) is 0 Å². The maximum Gasteiger partial charge on any atom is 0.139 e. The quantitative estimate of drug-likeness (QED) is 0.274. The Morgan fingerprint density at radius 2 is 1.77 bits per heavy atom. The molecule has 0 saturated carbocycles. The lowest BCUT2D eigenvalue weighted by molar-refractivity contribution is 0.597. The molecule has 0 saturated heterocycles. The highest BCUT2D eigenvalue weighted by atomic mass is 32.1. The third-order valence-corrected chi connectivity index (χ3v) is 6.87. The van der Waals surface area contributed by atoms with Crippen LogP contribution in [0.3, 0.4) is 0 Å². The van der Waals surface area contributed by atoms with E-state index in [-0.39, 0.29) is 5.41 Å². The van der Waals surface area contributed by atoms with Gasteiger partial charge in [0.15, 0.2) is 0 Å². The summed E-state index contributed by atoms with van der Waals surface area (Å²) in [6.07, 6.45) is 3.63. The van der Waals surface area contributed by atoms with Crippen LogP contribution in [0.15, 0.2) is 63.1 Å². The first-order valence-corrected chi connectivity index (χ1v) is 11.0. The van der Waals surface area contributed by atoms with E-state index in [4.69, 9.17) is 13.8 Å². The maximum atomic E-state index is 6.24. The molecule has 0 bridgehead atoms. The van der Waals surface area contributed by atoms with Crippen molar-refractivity contribution < 1.29 is 8.83 Å². The molecule has 2 aromatic carbocycles. The van der Waals surface area contributed by atoms with Gasteiger partial charge in [-0.15, -0.1) is 11.3 Å². The Hall–Kier alpha value is -3.11. The lowest BCUT2D eigenvalue weighted by Crippen LogP contribution is -2.11. The summed E-state index contributed by atoms with van der Waals surface area (Å²) in [6, 6.07) is 12.9. The van der Waals surface area contributed by atoms with Gasteiger partial charge in [-0.1, -0.05) is 20.8 Å². The molecule has 0 radical (unpaired) electrons. The molecule has 0 aliphatic heterocycles. The summed E-state index contributed by atoms with van der Waals surface area (Å²) in [7, 11) is 0. The number of fused-ring (bicyclic) bond motifs is 5. The number of aryl methyl sites for hydroxylation is 1. The first-order valence-electron chi connectivity index (χ1n) is 10.1. The van der Waals surface area contributed by atoms with Crippen molar-refractivity contribution in [3.63, 3.8) is 0 Å².